The van der Waals surface area contributed by atoms with Crippen LogP contribution in [0.15, 0.2) is 24.3 Å². The lowest BCUT2D eigenvalue weighted by molar-refractivity contribution is -0.129. The number of hydrogen-bond acceptors (Lipinski definition) is 4. The third-order valence-corrected chi connectivity index (χ3v) is 2.91. The number of para-hydroxylation sites is 2. The van der Waals surface area contributed by atoms with Gasteiger partial charge in [-0.1, -0.05) is 12.1 Å². The van der Waals surface area contributed by atoms with Crippen LogP contribution in [0.3, 0.4) is 0 Å². The molecule has 1 aromatic rings. The van der Waals surface area contributed by atoms with Crippen molar-refractivity contribution < 1.29 is 14.3 Å². The van der Waals surface area contributed by atoms with E-state index in [0.29, 0.717) is 18.0 Å². The fourth-order valence-corrected chi connectivity index (χ4v) is 1.97. The average Bonchev–Trinajstić information content (AvgIpc) is 2.47. The molecule has 1 aliphatic rings. The van der Waals surface area contributed by atoms with E-state index in [4.69, 9.17) is 14.7 Å². The Bertz CT molecular complexity index is 476. The van der Waals surface area contributed by atoms with Crippen molar-refractivity contribution in [3.05, 3.63) is 24.3 Å². The number of nitrogens with one attached hydrogen (secondary N) is 1. The molecule has 5 heteroatoms. The van der Waals surface area contributed by atoms with Gasteiger partial charge in [0.2, 0.25) is 0 Å². The second-order valence-electron chi connectivity index (χ2n) is 4.29. The Morgan fingerprint density at radius 1 is 1.47 bits per heavy atom. The number of hydrogen-bond donors (Lipinski definition) is 1. The van der Waals surface area contributed by atoms with Gasteiger partial charge in [0.1, 0.15) is 17.9 Å². The van der Waals surface area contributed by atoms with E-state index < -0.39 is 6.10 Å². The predicted molar refractivity (Wildman–Crippen MR) is 69.8 cm³/mol. The zero-order chi connectivity index (χ0) is 13.5. The van der Waals surface area contributed by atoms with Crippen molar-refractivity contribution in [2.75, 3.05) is 18.5 Å². The summed E-state index contributed by atoms with van der Waals surface area (Å²) in [5.41, 5.74) is 0.567. The van der Waals surface area contributed by atoms with E-state index in [1.54, 1.807) is 24.3 Å². The molecule has 0 spiro atoms. The summed E-state index contributed by atoms with van der Waals surface area (Å²) in [6.45, 7) is 0.581. The largest absolute Gasteiger partial charge is 0.477 e. The summed E-state index contributed by atoms with van der Waals surface area (Å²) in [7, 11) is 0. The van der Waals surface area contributed by atoms with Crippen LogP contribution in [0.4, 0.5) is 5.69 Å². The van der Waals surface area contributed by atoms with Crippen LogP contribution in [0.2, 0.25) is 0 Å². The first-order valence-electron chi connectivity index (χ1n) is 6.32. The zero-order valence-corrected chi connectivity index (χ0v) is 10.6. The number of amides is 1. The van der Waals surface area contributed by atoms with Crippen LogP contribution in [0.5, 0.6) is 5.75 Å². The van der Waals surface area contributed by atoms with Crippen LogP contribution in [0, 0.1) is 11.3 Å². The van der Waals surface area contributed by atoms with Gasteiger partial charge in [-0.25, -0.2) is 0 Å². The van der Waals surface area contributed by atoms with Crippen LogP contribution in [0.25, 0.3) is 0 Å². The first kappa shape index (κ1) is 13.4. The van der Waals surface area contributed by atoms with Crippen molar-refractivity contribution in [3.8, 4) is 11.8 Å². The van der Waals surface area contributed by atoms with E-state index in [0.717, 1.165) is 19.3 Å². The van der Waals surface area contributed by atoms with E-state index in [9.17, 15) is 4.79 Å². The van der Waals surface area contributed by atoms with Gasteiger partial charge in [-0.15, -0.1) is 0 Å². The summed E-state index contributed by atoms with van der Waals surface area (Å²) in [6.07, 6.45) is 2.36. The predicted octanol–water partition coefficient (Wildman–Crippen LogP) is 2.10. The Labute approximate surface area is 112 Å². The Hall–Kier alpha value is -2.06. The SMILES string of the molecule is N#CCOc1ccccc1NC(=O)C1CCCCO1. The number of ether oxygens (including phenoxy) is 2. The van der Waals surface area contributed by atoms with Gasteiger partial charge in [-0.05, 0) is 31.4 Å². The Balaban J connectivity index is 2.01. The highest BCUT2D eigenvalue weighted by molar-refractivity contribution is 5.95. The van der Waals surface area contributed by atoms with Gasteiger partial charge in [0.15, 0.2) is 6.61 Å². The van der Waals surface area contributed by atoms with Crippen molar-refractivity contribution in [3.63, 3.8) is 0 Å². The summed E-state index contributed by atoms with van der Waals surface area (Å²) in [6, 6.07) is 8.95. The molecule has 2 rings (SSSR count). The molecule has 5 nitrogen and oxygen atoms in total. The Morgan fingerprint density at radius 2 is 2.32 bits per heavy atom. The standard InChI is InChI=1S/C14H16N2O3/c15-8-10-19-12-6-2-1-5-11(12)16-14(17)13-7-3-4-9-18-13/h1-2,5-6,13H,3-4,7,9-10H2,(H,16,17). The molecule has 1 saturated heterocycles. The number of anilines is 1. The Kier molecular flexibility index (Phi) is 4.76. The molecule has 1 aliphatic heterocycles. The monoisotopic (exact) mass is 260 g/mol. The Morgan fingerprint density at radius 3 is 3.05 bits per heavy atom. The van der Waals surface area contributed by atoms with Gasteiger partial charge >= 0.3 is 0 Å². The van der Waals surface area contributed by atoms with Crippen LogP contribution in [-0.4, -0.2) is 25.2 Å². The number of carbonyl (C=O) groups is 1. The molecule has 100 valence electrons. The van der Waals surface area contributed by atoms with E-state index in [1.807, 2.05) is 6.07 Å². The zero-order valence-electron chi connectivity index (χ0n) is 10.6. The molecule has 19 heavy (non-hydrogen) atoms. The molecule has 1 fully saturated rings. The second kappa shape index (κ2) is 6.76. The maximum absolute atomic E-state index is 12.0. The van der Waals surface area contributed by atoms with Crippen molar-refractivity contribution in [1.29, 1.82) is 5.26 Å². The maximum atomic E-state index is 12.0. The molecule has 1 heterocycles. The van der Waals surface area contributed by atoms with Crippen LogP contribution >= 0.6 is 0 Å². The van der Waals surface area contributed by atoms with E-state index in [2.05, 4.69) is 5.32 Å². The third kappa shape index (κ3) is 3.70. The van der Waals surface area contributed by atoms with Gasteiger partial charge < -0.3 is 14.8 Å². The lowest BCUT2D eigenvalue weighted by Crippen LogP contribution is -2.33. The molecule has 0 bridgehead atoms. The summed E-state index contributed by atoms with van der Waals surface area (Å²) in [5, 5.41) is 11.3. The fraction of sp³-hybridized carbons (Fsp3) is 0.429. The van der Waals surface area contributed by atoms with Crippen LogP contribution in [0.1, 0.15) is 19.3 Å². The van der Waals surface area contributed by atoms with E-state index in [-0.39, 0.29) is 12.5 Å². The van der Waals surface area contributed by atoms with Crippen molar-refractivity contribution in [2.24, 2.45) is 0 Å². The number of benzene rings is 1. The molecular weight excluding hydrogens is 244 g/mol. The van der Waals surface area contributed by atoms with Crippen molar-refractivity contribution in [2.45, 2.75) is 25.4 Å². The average molecular weight is 260 g/mol. The van der Waals surface area contributed by atoms with Gasteiger partial charge in [-0.2, -0.15) is 5.26 Å². The lowest BCUT2D eigenvalue weighted by atomic mass is 10.1. The molecule has 1 aromatic carbocycles. The van der Waals surface area contributed by atoms with Crippen LogP contribution < -0.4 is 10.1 Å². The van der Waals surface area contributed by atoms with Gasteiger partial charge in [-0.3, -0.25) is 4.79 Å². The first-order chi connectivity index (χ1) is 9.31. The minimum atomic E-state index is -0.391. The smallest absolute Gasteiger partial charge is 0.253 e. The second-order valence-corrected chi connectivity index (χ2v) is 4.29. The molecular formula is C14H16N2O3. The lowest BCUT2D eigenvalue weighted by Gasteiger charge is -2.22. The molecule has 1 amide bonds. The topological polar surface area (TPSA) is 71.3 Å². The molecule has 0 aliphatic carbocycles. The molecule has 1 N–H and O–H groups in total. The minimum absolute atomic E-state index is 0.0488. The highest BCUT2D eigenvalue weighted by Crippen LogP contribution is 2.24. The maximum Gasteiger partial charge on any atom is 0.253 e. The molecule has 1 unspecified atom stereocenters. The van der Waals surface area contributed by atoms with E-state index in [1.165, 1.54) is 0 Å². The number of rotatable bonds is 4. The van der Waals surface area contributed by atoms with Crippen molar-refractivity contribution >= 4 is 11.6 Å². The first-order valence-corrected chi connectivity index (χ1v) is 6.32. The summed E-state index contributed by atoms with van der Waals surface area (Å²) in [4.78, 5) is 12.0. The normalized spacial score (nSPS) is 18.4. The van der Waals surface area contributed by atoms with Crippen LogP contribution in [-0.2, 0) is 9.53 Å². The van der Waals surface area contributed by atoms with Gasteiger partial charge in [0.25, 0.3) is 5.91 Å². The van der Waals surface area contributed by atoms with Crippen molar-refractivity contribution in [1.82, 2.24) is 0 Å². The minimum Gasteiger partial charge on any atom is -0.477 e. The number of nitriles is 1. The molecule has 0 radical (unpaired) electrons. The quantitative estimate of drug-likeness (QED) is 0.899. The fourth-order valence-electron chi connectivity index (χ4n) is 1.97. The summed E-state index contributed by atoms with van der Waals surface area (Å²) in [5.74, 6) is 0.334. The molecule has 0 aromatic heterocycles. The summed E-state index contributed by atoms with van der Waals surface area (Å²) >= 11 is 0. The highest BCUT2D eigenvalue weighted by Gasteiger charge is 2.22. The van der Waals surface area contributed by atoms with Gasteiger partial charge in [0.05, 0.1) is 5.69 Å². The number of carbonyl (C=O) groups excluding carboxylic acids is 1. The molecule has 0 saturated carbocycles. The highest BCUT2D eigenvalue weighted by atomic mass is 16.5. The van der Waals surface area contributed by atoms with E-state index >= 15 is 0 Å². The third-order valence-electron chi connectivity index (χ3n) is 2.91. The van der Waals surface area contributed by atoms with Gasteiger partial charge in [0, 0.05) is 6.61 Å². The number of nitrogens with zero attached hydrogens (tertiary/aromatic N) is 1. The molecule has 1 atom stereocenters. The summed E-state index contributed by atoms with van der Waals surface area (Å²) < 4.78 is 10.7.